The Morgan fingerprint density at radius 2 is 1.79 bits per heavy atom. The van der Waals surface area contributed by atoms with Gasteiger partial charge in [-0.2, -0.15) is 0 Å². The Labute approximate surface area is 115 Å². The highest BCUT2D eigenvalue weighted by molar-refractivity contribution is 6.18. The first-order valence-corrected chi connectivity index (χ1v) is 6.34. The monoisotopic (exact) mass is 278 g/mol. The molecule has 98 valence electrons. The van der Waals surface area contributed by atoms with E-state index in [1.54, 1.807) is 36.4 Å². The van der Waals surface area contributed by atoms with Gasteiger partial charge < -0.3 is 4.74 Å². The molecule has 0 radical (unpaired) electrons. The Morgan fingerprint density at radius 3 is 2.42 bits per heavy atom. The fourth-order valence-electron chi connectivity index (χ4n) is 1.66. The first kappa shape index (κ1) is 13.6. The van der Waals surface area contributed by atoms with Gasteiger partial charge in [-0.25, -0.2) is 4.39 Å². The van der Waals surface area contributed by atoms with Crippen molar-refractivity contribution in [2.24, 2.45) is 0 Å². The van der Waals surface area contributed by atoms with Crippen molar-refractivity contribution < 1.29 is 13.9 Å². The highest BCUT2D eigenvalue weighted by Gasteiger charge is 2.13. The van der Waals surface area contributed by atoms with Crippen molar-refractivity contribution in [3.8, 4) is 5.75 Å². The van der Waals surface area contributed by atoms with Gasteiger partial charge in [-0.3, -0.25) is 4.79 Å². The predicted octanol–water partition coefficient (Wildman–Crippen LogP) is 3.67. The maximum Gasteiger partial charge on any atom is 0.195 e. The van der Waals surface area contributed by atoms with Crippen LogP contribution in [0.3, 0.4) is 0 Å². The minimum absolute atomic E-state index is 0.0666. The highest BCUT2D eigenvalue weighted by atomic mass is 35.5. The lowest BCUT2D eigenvalue weighted by Crippen LogP contribution is -2.04. The maximum absolute atomic E-state index is 13.5. The molecule has 0 bridgehead atoms. The molecule has 2 aromatic carbocycles. The second-order valence-corrected chi connectivity index (χ2v) is 4.25. The van der Waals surface area contributed by atoms with Crippen molar-refractivity contribution >= 4 is 17.4 Å². The van der Waals surface area contributed by atoms with Gasteiger partial charge in [-0.05, 0) is 36.4 Å². The summed E-state index contributed by atoms with van der Waals surface area (Å²) >= 11 is 5.51. The third-order valence-electron chi connectivity index (χ3n) is 2.58. The molecule has 4 heteroatoms. The second kappa shape index (κ2) is 6.34. The van der Waals surface area contributed by atoms with E-state index in [1.165, 1.54) is 12.1 Å². The molecule has 2 aromatic rings. The normalized spacial score (nSPS) is 10.2. The van der Waals surface area contributed by atoms with Crippen molar-refractivity contribution in [1.82, 2.24) is 0 Å². The number of ketones is 1. The van der Waals surface area contributed by atoms with E-state index in [1.807, 2.05) is 0 Å². The van der Waals surface area contributed by atoms with Gasteiger partial charge in [0.15, 0.2) is 5.78 Å². The molecule has 0 aliphatic heterocycles. The summed E-state index contributed by atoms with van der Waals surface area (Å²) in [5.41, 5.74) is 0.486. The molecule has 0 aromatic heterocycles. The number of carbonyl (C=O) groups is 1. The molecule has 2 nitrogen and oxygen atoms in total. The van der Waals surface area contributed by atoms with Crippen LogP contribution in [0.4, 0.5) is 4.39 Å². The molecular weight excluding hydrogens is 267 g/mol. The average molecular weight is 279 g/mol. The van der Waals surface area contributed by atoms with Crippen LogP contribution in [0.2, 0.25) is 0 Å². The zero-order valence-corrected chi connectivity index (χ0v) is 10.9. The van der Waals surface area contributed by atoms with Gasteiger partial charge >= 0.3 is 0 Å². The van der Waals surface area contributed by atoms with Crippen LogP contribution in [0.5, 0.6) is 5.75 Å². The summed E-state index contributed by atoms with van der Waals surface area (Å²) in [4.78, 5) is 12.1. The number of benzene rings is 2. The standard InChI is InChI=1S/C15H12ClFO2/c16-9-10-19-12-7-5-11(6-8-12)15(18)13-3-1-2-4-14(13)17/h1-8H,9-10H2. The van der Waals surface area contributed by atoms with Crippen LogP contribution >= 0.6 is 11.6 Å². The second-order valence-electron chi connectivity index (χ2n) is 3.87. The summed E-state index contributed by atoms with van der Waals surface area (Å²) in [5, 5.41) is 0. The van der Waals surface area contributed by atoms with Crippen LogP contribution in [-0.4, -0.2) is 18.3 Å². The SMILES string of the molecule is O=C(c1ccc(OCCCl)cc1)c1ccccc1F. The minimum Gasteiger partial charge on any atom is -0.492 e. The molecule has 19 heavy (non-hydrogen) atoms. The molecule has 0 aliphatic rings. The molecule has 0 heterocycles. The molecule has 0 saturated heterocycles. The molecule has 0 fully saturated rings. The third kappa shape index (κ3) is 3.32. The van der Waals surface area contributed by atoms with E-state index in [9.17, 15) is 9.18 Å². The van der Waals surface area contributed by atoms with Crippen LogP contribution in [0.25, 0.3) is 0 Å². The van der Waals surface area contributed by atoms with Gasteiger partial charge in [0.05, 0.1) is 11.4 Å². The number of halogens is 2. The average Bonchev–Trinajstić information content (AvgIpc) is 2.45. The smallest absolute Gasteiger partial charge is 0.195 e. The zero-order chi connectivity index (χ0) is 13.7. The number of hydrogen-bond acceptors (Lipinski definition) is 2. The summed E-state index contributed by atoms with van der Waals surface area (Å²) in [7, 11) is 0. The molecular formula is C15H12ClFO2. The van der Waals surface area contributed by atoms with Gasteiger partial charge in [0, 0.05) is 5.56 Å². The highest BCUT2D eigenvalue weighted by Crippen LogP contribution is 2.17. The quantitative estimate of drug-likeness (QED) is 0.616. The Morgan fingerprint density at radius 1 is 1.11 bits per heavy atom. The van der Waals surface area contributed by atoms with Crippen LogP contribution in [0.15, 0.2) is 48.5 Å². The molecule has 0 saturated carbocycles. The first-order valence-electron chi connectivity index (χ1n) is 5.80. The molecule has 0 amide bonds. The lowest BCUT2D eigenvalue weighted by atomic mass is 10.0. The van der Waals surface area contributed by atoms with Crippen molar-refractivity contribution in [3.05, 3.63) is 65.5 Å². The van der Waals surface area contributed by atoms with Gasteiger partial charge in [0.2, 0.25) is 0 Å². The first-order chi connectivity index (χ1) is 9.22. The van der Waals surface area contributed by atoms with Crippen LogP contribution in [0.1, 0.15) is 15.9 Å². The van der Waals surface area contributed by atoms with Crippen LogP contribution < -0.4 is 4.74 Å². The lowest BCUT2D eigenvalue weighted by Gasteiger charge is -2.05. The number of ether oxygens (including phenoxy) is 1. The van der Waals surface area contributed by atoms with E-state index >= 15 is 0 Å². The van der Waals surface area contributed by atoms with Crippen molar-refractivity contribution in [2.75, 3.05) is 12.5 Å². The summed E-state index contributed by atoms with van der Waals surface area (Å²) in [6, 6.07) is 12.5. The number of carbonyl (C=O) groups excluding carboxylic acids is 1. The van der Waals surface area contributed by atoms with E-state index < -0.39 is 5.82 Å². The summed E-state index contributed by atoms with van der Waals surface area (Å²) in [6.45, 7) is 0.405. The summed E-state index contributed by atoms with van der Waals surface area (Å²) in [6.07, 6.45) is 0. The van der Waals surface area contributed by atoms with E-state index in [-0.39, 0.29) is 11.3 Å². The van der Waals surface area contributed by atoms with Crippen molar-refractivity contribution in [1.29, 1.82) is 0 Å². The van der Waals surface area contributed by atoms with Gasteiger partial charge in [-0.15, -0.1) is 11.6 Å². The Balaban J connectivity index is 2.18. The topological polar surface area (TPSA) is 26.3 Å². The largest absolute Gasteiger partial charge is 0.492 e. The maximum atomic E-state index is 13.5. The zero-order valence-electron chi connectivity index (χ0n) is 10.1. The number of hydrogen-bond donors (Lipinski definition) is 0. The van der Waals surface area contributed by atoms with Crippen molar-refractivity contribution in [2.45, 2.75) is 0 Å². The third-order valence-corrected chi connectivity index (χ3v) is 2.74. The van der Waals surface area contributed by atoms with Gasteiger partial charge in [-0.1, -0.05) is 12.1 Å². The van der Waals surface area contributed by atoms with E-state index in [0.29, 0.717) is 23.8 Å². The van der Waals surface area contributed by atoms with Crippen LogP contribution in [-0.2, 0) is 0 Å². The fourth-order valence-corrected chi connectivity index (χ4v) is 1.74. The Kier molecular flexibility index (Phi) is 4.53. The van der Waals surface area contributed by atoms with Gasteiger partial charge in [0.25, 0.3) is 0 Å². The molecule has 0 unspecified atom stereocenters. The summed E-state index contributed by atoms with van der Waals surface area (Å²) < 4.78 is 18.8. The molecule has 0 N–H and O–H groups in total. The predicted molar refractivity (Wildman–Crippen MR) is 72.5 cm³/mol. The molecule has 2 rings (SSSR count). The molecule has 0 aliphatic carbocycles. The fraction of sp³-hybridized carbons (Fsp3) is 0.133. The number of alkyl halides is 1. The van der Waals surface area contributed by atoms with E-state index in [2.05, 4.69) is 0 Å². The minimum atomic E-state index is -0.519. The Hall–Kier alpha value is -1.87. The van der Waals surface area contributed by atoms with Crippen molar-refractivity contribution in [3.63, 3.8) is 0 Å². The van der Waals surface area contributed by atoms with Gasteiger partial charge in [0.1, 0.15) is 18.2 Å². The van der Waals surface area contributed by atoms with Crippen LogP contribution in [0, 0.1) is 5.82 Å². The lowest BCUT2D eigenvalue weighted by molar-refractivity contribution is 0.103. The summed E-state index contributed by atoms with van der Waals surface area (Å²) in [5.74, 6) is 0.165. The molecule has 0 spiro atoms. The van der Waals surface area contributed by atoms with E-state index in [4.69, 9.17) is 16.3 Å². The van der Waals surface area contributed by atoms with E-state index in [0.717, 1.165) is 0 Å². The molecule has 0 atom stereocenters. The number of rotatable bonds is 5. The Bertz CT molecular complexity index is 567.